The zero-order chi connectivity index (χ0) is 15.2. The molecule has 1 aromatic carbocycles. The third kappa shape index (κ3) is 4.14. The van der Waals surface area contributed by atoms with Crippen molar-refractivity contribution in [3.63, 3.8) is 0 Å². The van der Waals surface area contributed by atoms with Gasteiger partial charge in [-0.25, -0.2) is 0 Å². The second kappa shape index (κ2) is 7.36. The van der Waals surface area contributed by atoms with Gasteiger partial charge in [0.1, 0.15) is 5.75 Å². The average Bonchev–Trinajstić information content (AvgIpc) is 2.47. The molecule has 1 aliphatic rings. The average molecular weight is 298 g/mol. The fraction of sp³-hybridized carbons (Fsp3) is 0.533. The van der Waals surface area contributed by atoms with Crippen LogP contribution in [0, 0.1) is 0 Å². The lowest BCUT2D eigenvalue weighted by Crippen LogP contribution is -2.44. The van der Waals surface area contributed by atoms with Gasteiger partial charge in [0, 0.05) is 18.2 Å². The minimum Gasteiger partial charge on any atom is -0.435 e. The summed E-state index contributed by atoms with van der Waals surface area (Å²) in [6.45, 7) is -1.68. The van der Waals surface area contributed by atoms with E-state index in [1.54, 1.807) is 17.0 Å². The normalized spacial score (nSPS) is 18.9. The maximum atomic E-state index is 12.6. The summed E-state index contributed by atoms with van der Waals surface area (Å²) < 4.78 is 28.8. The summed E-state index contributed by atoms with van der Waals surface area (Å²) in [5.41, 5.74) is 5.97. The van der Waals surface area contributed by atoms with Crippen LogP contribution in [0.5, 0.6) is 5.75 Å². The maximum absolute atomic E-state index is 12.6. The highest BCUT2D eigenvalue weighted by atomic mass is 19.3. The molecule has 1 atom stereocenters. The molecule has 0 aliphatic carbocycles. The number of piperidine rings is 1. The summed E-state index contributed by atoms with van der Waals surface area (Å²) in [7, 11) is 0. The maximum Gasteiger partial charge on any atom is 0.387 e. The lowest BCUT2D eigenvalue weighted by molar-refractivity contribution is -0.0499. The second-order valence-electron chi connectivity index (χ2n) is 5.13. The predicted molar refractivity (Wildman–Crippen MR) is 75.4 cm³/mol. The molecule has 0 bridgehead atoms. The van der Waals surface area contributed by atoms with Crippen LogP contribution < -0.4 is 10.5 Å². The molecule has 4 nitrogen and oxygen atoms in total. The lowest BCUT2D eigenvalue weighted by Gasteiger charge is -2.35. The van der Waals surface area contributed by atoms with Gasteiger partial charge in [-0.3, -0.25) is 4.79 Å². The third-order valence-electron chi connectivity index (χ3n) is 3.69. The number of likely N-dealkylation sites (tertiary alicyclic amines) is 1. The van der Waals surface area contributed by atoms with Gasteiger partial charge in [0.2, 0.25) is 0 Å². The zero-order valence-corrected chi connectivity index (χ0v) is 11.8. The Morgan fingerprint density at radius 1 is 1.43 bits per heavy atom. The number of rotatable bonds is 5. The second-order valence-corrected chi connectivity index (χ2v) is 5.13. The van der Waals surface area contributed by atoms with Crippen LogP contribution >= 0.6 is 0 Å². The first kappa shape index (κ1) is 15.7. The number of carbonyl (C=O) groups is 1. The molecule has 0 spiro atoms. The van der Waals surface area contributed by atoms with Gasteiger partial charge in [-0.15, -0.1) is 0 Å². The van der Waals surface area contributed by atoms with E-state index in [2.05, 4.69) is 4.74 Å². The largest absolute Gasteiger partial charge is 0.435 e. The third-order valence-corrected chi connectivity index (χ3v) is 3.69. The SMILES string of the molecule is NCCC1CCCCN1C(=O)c1cccc(OC(F)F)c1. The molecular weight excluding hydrogens is 278 g/mol. The minimum absolute atomic E-state index is 0.00299. The van der Waals surface area contributed by atoms with Crippen molar-refractivity contribution in [1.29, 1.82) is 0 Å². The first-order valence-electron chi connectivity index (χ1n) is 7.17. The van der Waals surface area contributed by atoms with Crippen LogP contribution in [-0.2, 0) is 0 Å². The summed E-state index contributed by atoms with van der Waals surface area (Å²) >= 11 is 0. The van der Waals surface area contributed by atoms with Crippen LogP contribution in [0.1, 0.15) is 36.0 Å². The number of halogens is 2. The van der Waals surface area contributed by atoms with E-state index in [1.807, 2.05) is 0 Å². The van der Waals surface area contributed by atoms with E-state index in [-0.39, 0.29) is 17.7 Å². The summed E-state index contributed by atoms with van der Waals surface area (Å²) in [5.74, 6) is -0.142. The molecule has 0 aromatic heterocycles. The Morgan fingerprint density at radius 3 is 2.95 bits per heavy atom. The molecule has 2 N–H and O–H groups in total. The van der Waals surface area contributed by atoms with E-state index in [0.29, 0.717) is 18.7 Å². The van der Waals surface area contributed by atoms with Gasteiger partial charge in [0.25, 0.3) is 5.91 Å². The molecule has 1 fully saturated rings. The molecule has 6 heteroatoms. The fourth-order valence-electron chi connectivity index (χ4n) is 2.73. The first-order chi connectivity index (χ1) is 10.1. The van der Waals surface area contributed by atoms with Crippen molar-refractivity contribution in [2.75, 3.05) is 13.1 Å². The Morgan fingerprint density at radius 2 is 2.24 bits per heavy atom. The monoisotopic (exact) mass is 298 g/mol. The van der Waals surface area contributed by atoms with Crippen molar-refractivity contribution in [2.45, 2.75) is 38.3 Å². The molecule has 21 heavy (non-hydrogen) atoms. The Hall–Kier alpha value is -1.69. The molecule has 1 heterocycles. The summed E-state index contributed by atoms with van der Waals surface area (Å²) in [5, 5.41) is 0. The molecule has 1 aromatic rings. The number of alkyl halides is 2. The quantitative estimate of drug-likeness (QED) is 0.909. The summed E-state index contributed by atoms with van der Waals surface area (Å²) in [6.07, 6.45) is 3.75. The van der Waals surface area contributed by atoms with E-state index in [0.717, 1.165) is 25.7 Å². The topological polar surface area (TPSA) is 55.6 Å². The Bertz CT molecular complexity index is 480. The summed E-state index contributed by atoms with van der Waals surface area (Å²) in [6, 6.07) is 6.08. The van der Waals surface area contributed by atoms with Crippen molar-refractivity contribution in [1.82, 2.24) is 4.90 Å². The van der Waals surface area contributed by atoms with Crippen LogP contribution in [0.15, 0.2) is 24.3 Å². The van der Waals surface area contributed by atoms with E-state index >= 15 is 0 Å². The number of ether oxygens (including phenoxy) is 1. The van der Waals surface area contributed by atoms with Gasteiger partial charge in [0.15, 0.2) is 0 Å². The number of nitrogens with two attached hydrogens (primary N) is 1. The Labute approximate surface area is 122 Å². The number of benzene rings is 1. The number of hydrogen-bond donors (Lipinski definition) is 1. The first-order valence-corrected chi connectivity index (χ1v) is 7.17. The van der Waals surface area contributed by atoms with Gasteiger partial charge in [-0.05, 0) is 50.4 Å². The Kier molecular flexibility index (Phi) is 5.50. The molecule has 1 unspecified atom stereocenters. The highest BCUT2D eigenvalue weighted by molar-refractivity contribution is 5.94. The molecule has 2 rings (SSSR count). The van der Waals surface area contributed by atoms with E-state index < -0.39 is 6.61 Å². The van der Waals surface area contributed by atoms with Gasteiger partial charge in [-0.2, -0.15) is 8.78 Å². The lowest BCUT2D eigenvalue weighted by atomic mass is 9.98. The predicted octanol–water partition coefficient (Wildman–Crippen LogP) is 2.63. The molecule has 1 saturated heterocycles. The van der Waals surface area contributed by atoms with Crippen LogP contribution in [0.2, 0.25) is 0 Å². The highest BCUT2D eigenvalue weighted by Crippen LogP contribution is 2.23. The van der Waals surface area contributed by atoms with Crippen LogP contribution in [0.25, 0.3) is 0 Å². The van der Waals surface area contributed by atoms with Gasteiger partial charge >= 0.3 is 6.61 Å². The highest BCUT2D eigenvalue weighted by Gasteiger charge is 2.27. The molecule has 116 valence electrons. The van der Waals surface area contributed by atoms with Crippen molar-refractivity contribution < 1.29 is 18.3 Å². The van der Waals surface area contributed by atoms with Crippen molar-refractivity contribution in [3.05, 3.63) is 29.8 Å². The molecular formula is C15H20F2N2O2. The van der Waals surface area contributed by atoms with Crippen LogP contribution in [-0.4, -0.2) is 36.5 Å². The number of hydrogen-bond acceptors (Lipinski definition) is 3. The Balaban J connectivity index is 2.14. The van der Waals surface area contributed by atoms with Crippen molar-refractivity contribution in [3.8, 4) is 5.75 Å². The van der Waals surface area contributed by atoms with Crippen molar-refractivity contribution in [2.24, 2.45) is 5.73 Å². The summed E-state index contributed by atoms with van der Waals surface area (Å²) in [4.78, 5) is 14.4. The van der Waals surface area contributed by atoms with Crippen LogP contribution in [0.4, 0.5) is 8.78 Å². The van der Waals surface area contributed by atoms with Gasteiger partial charge in [-0.1, -0.05) is 6.07 Å². The van der Waals surface area contributed by atoms with E-state index in [1.165, 1.54) is 12.1 Å². The van der Waals surface area contributed by atoms with Gasteiger partial charge in [0.05, 0.1) is 0 Å². The minimum atomic E-state index is -2.89. The van der Waals surface area contributed by atoms with E-state index in [9.17, 15) is 13.6 Å². The van der Waals surface area contributed by atoms with Gasteiger partial charge < -0.3 is 15.4 Å². The molecule has 1 amide bonds. The molecule has 0 saturated carbocycles. The molecule has 0 radical (unpaired) electrons. The number of carbonyl (C=O) groups excluding carboxylic acids is 1. The standard InChI is InChI=1S/C15H20F2N2O2/c16-15(17)21-13-6-3-4-11(10-13)14(20)19-9-2-1-5-12(19)7-8-18/h3-4,6,10,12,15H,1-2,5,7-9,18H2. The number of nitrogens with zero attached hydrogens (tertiary/aromatic N) is 1. The fourth-order valence-corrected chi connectivity index (χ4v) is 2.73. The smallest absolute Gasteiger partial charge is 0.387 e. The zero-order valence-electron chi connectivity index (χ0n) is 11.8. The van der Waals surface area contributed by atoms with Crippen molar-refractivity contribution >= 4 is 5.91 Å². The van der Waals surface area contributed by atoms with E-state index in [4.69, 9.17) is 5.73 Å². The molecule has 1 aliphatic heterocycles. The number of amides is 1. The van der Waals surface area contributed by atoms with Crippen LogP contribution in [0.3, 0.4) is 0 Å².